The number of carbonyl (C=O) groups excluding carboxylic acids is 2. The number of carboxylic acid groups (broad SMARTS) is 2. The molecule has 184 valence electrons. The summed E-state index contributed by atoms with van der Waals surface area (Å²) in [6, 6.07) is -1.00. The van der Waals surface area contributed by atoms with Crippen LogP contribution in [0.25, 0.3) is 0 Å². The van der Waals surface area contributed by atoms with Gasteiger partial charge in [0.05, 0.1) is 0 Å². The fourth-order valence-corrected chi connectivity index (χ4v) is 5.21. The molecule has 2 aliphatic heterocycles. The molecule has 15 heteroatoms. The first-order chi connectivity index (χ1) is 16.2. The Hall–Kier alpha value is -3.17. The molecule has 13 nitrogen and oxygen atoms in total. The third kappa shape index (κ3) is 5.15. The summed E-state index contributed by atoms with van der Waals surface area (Å²) in [6.07, 6.45) is -1.19. The molecule has 1 aromatic heterocycles. The van der Waals surface area contributed by atoms with Gasteiger partial charge in [0.15, 0.2) is 10.8 Å². The molecule has 0 saturated carbocycles. The molecule has 6 N–H and O–H groups in total. The van der Waals surface area contributed by atoms with Gasteiger partial charge < -0.3 is 31.4 Å². The molecule has 34 heavy (non-hydrogen) atoms. The van der Waals surface area contributed by atoms with Crippen LogP contribution >= 0.6 is 23.1 Å². The minimum atomic E-state index is -1.29. The van der Waals surface area contributed by atoms with Crippen molar-refractivity contribution in [2.45, 2.75) is 37.8 Å². The van der Waals surface area contributed by atoms with Crippen molar-refractivity contribution >= 4 is 57.7 Å². The van der Waals surface area contributed by atoms with Gasteiger partial charge in [-0.3, -0.25) is 14.5 Å². The molecule has 1 aromatic rings. The lowest BCUT2D eigenvalue weighted by atomic mass is 10.0. The number of fused-ring (bicyclic) bond motifs is 1. The number of aliphatic carboxylic acids is 2. The molecular weight excluding hydrogens is 488 g/mol. The van der Waals surface area contributed by atoms with Gasteiger partial charge in [-0.05, 0) is 18.5 Å². The molecule has 0 spiro atoms. The summed E-state index contributed by atoms with van der Waals surface area (Å²) in [5, 5.41) is 29.1. The molecule has 0 aliphatic carbocycles. The zero-order valence-electron chi connectivity index (χ0n) is 18.3. The number of nitrogen functional groups attached to an aromatic ring is 1. The average Bonchev–Trinajstić information content (AvgIpc) is 3.23. The van der Waals surface area contributed by atoms with Crippen LogP contribution in [0.4, 0.5) is 5.13 Å². The second kappa shape index (κ2) is 10.8. The molecular formula is C19H24N6O7S2. The highest BCUT2D eigenvalue weighted by Gasteiger charge is 2.54. The quantitative estimate of drug-likeness (QED) is 0.148. The van der Waals surface area contributed by atoms with E-state index in [4.69, 9.17) is 15.7 Å². The van der Waals surface area contributed by atoms with Gasteiger partial charge in [-0.1, -0.05) is 19.0 Å². The number of carboxylic acids is 2. The van der Waals surface area contributed by atoms with Gasteiger partial charge in [-0.2, -0.15) is 0 Å². The maximum absolute atomic E-state index is 13.0. The van der Waals surface area contributed by atoms with Crippen LogP contribution in [0, 0.1) is 0 Å². The van der Waals surface area contributed by atoms with Crippen LogP contribution in [0.5, 0.6) is 0 Å². The summed E-state index contributed by atoms with van der Waals surface area (Å²) in [4.78, 5) is 59.1. The number of β-lactam (4-membered cyclic amide) rings is 1. The van der Waals surface area contributed by atoms with Gasteiger partial charge in [-0.15, -0.1) is 23.1 Å². The topological polar surface area (TPSA) is 197 Å². The Labute approximate surface area is 202 Å². The van der Waals surface area contributed by atoms with Crippen molar-refractivity contribution in [3.63, 3.8) is 0 Å². The number of rotatable bonds is 11. The lowest BCUT2D eigenvalue weighted by Crippen LogP contribution is -2.71. The number of hydrogen-bond acceptors (Lipinski definition) is 11. The molecule has 3 atom stereocenters. The second-order valence-corrected chi connectivity index (χ2v) is 9.24. The number of anilines is 1. The molecule has 0 bridgehead atoms. The van der Waals surface area contributed by atoms with Crippen LogP contribution in [0.15, 0.2) is 21.8 Å². The van der Waals surface area contributed by atoms with Gasteiger partial charge in [0.2, 0.25) is 6.10 Å². The molecule has 0 radical (unpaired) electrons. The van der Waals surface area contributed by atoms with Gasteiger partial charge in [0.25, 0.3) is 11.8 Å². The number of aromatic nitrogens is 1. The Morgan fingerprint density at radius 3 is 2.68 bits per heavy atom. The normalized spacial score (nSPS) is 20.9. The van der Waals surface area contributed by atoms with E-state index in [0.29, 0.717) is 24.4 Å². The molecule has 1 saturated heterocycles. The maximum Gasteiger partial charge on any atom is 0.352 e. The van der Waals surface area contributed by atoms with Gasteiger partial charge >= 0.3 is 11.9 Å². The number of thiazole rings is 1. The Kier molecular flexibility index (Phi) is 8.11. The van der Waals surface area contributed by atoms with Crippen molar-refractivity contribution in [2.75, 3.05) is 24.6 Å². The van der Waals surface area contributed by atoms with Crippen LogP contribution in [0.3, 0.4) is 0 Å². The first-order valence-electron chi connectivity index (χ1n) is 10.3. The molecule has 2 amide bonds. The maximum atomic E-state index is 13.0. The van der Waals surface area contributed by atoms with E-state index in [9.17, 15) is 24.3 Å². The third-order valence-corrected chi connectivity index (χ3v) is 7.04. The summed E-state index contributed by atoms with van der Waals surface area (Å²) in [5.74, 6) is -3.51. The van der Waals surface area contributed by atoms with E-state index in [1.54, 1.807) is 6.92 Å². The Balaban J connectivity index is 1.80. The first kappa shape index (κ1) is 25.5. The van der Waals surface area contributed by atoms with Gasteiger partial charge in [0, 0.05) is 17.7 Å². The summed E-state index contributed by atoms with van der Waals surface area (Å²) in [5.41, 5.74) is 5.85. The molecule has 0 aromatic carbocycles. The van der Waals surface area contributed by atoms with Crippen LogP contribution in [-0.4, -0.2) is 85.9 Å². The minimum Gasteiger partial charge on any atom is -0.478 e. The number of likely N-dealkylation sites (N-methyl/N-ethyl adjacent to an activating group) is 1. The number of hydrogen-bond donors (Lipinski definition) is 5. The van der Waals surface area contributed by atoms with E-state index in [2.05, 4.69) is 20.8 Å². The van der Waals surface area contributed by atoms with Crippen molar-refractivity contribution < 1.29 is 34.2 Å². The smallest absolute Gasteiger partial charge is 0.352 e. The predicted octanol–water partition coefficient (Wildman–Crippen LogP) is -0.343. The zero-order valence-corrected chi connectivity index (χ0v) is 19.9. The van der Waals surface area contributed by atoms with E-state index in [1.807, 2.05) is 6.92 Å². The van der Waals surface area contributed by atoms with E-state index in [-0.39, 0.29) is 28.7 Å². The molecule has 1 fully saturated rings. The van der Waals surface area contributed by atoms with E-state index in [1.165, 1.54) is 22.0 Å². The van der Waals surface area contributed by atoms with Crippen molar-refractivity contribution in [1.29, 1.82) is 0 Å². The number of carbonyl (C=O) groups is 4. The van der Waals surface area contributed by atoms with Crippen molar-refractivity contribution in [1.82, 2.24) is 20.5 Å². The standard InChI is InChI=1S/C19H24N6O7S2/c1-3-10(17(28)29)32-24-11(9-7-34-19(20)22-9)14(26)23-12-15(27)25-13(18(30)31)8(5-21-4-2)6-33-16(12)25/h7,10,12,16,21H,3-6H2,1-2H3,(H2,20,22)(H,23,26)(H,28,29)(H,30,31)/b24-11-/t10?,12?,16-/m1/s1. The van der Waals surface area contributed by atoms with E-state index >= 15 is 0 Å². The number of nitrogens with one attached hydrogen (secondary N) is 2. The lowest BCUT2D eigenvalue weighted by Gasteiger charge is -2.49. The highest BCUT2D eigenvalue weighted by atomic mass is 32.2. The monoisotopic (exact) mass is 512 g/mol. The van der Waals surface area contributed by atoms with Crippen LogP contribution in [0.1, 0.15) is 26.0 Å². The lowest BCUT2D eigenvalue weighted by molar-refractivity contribution is -0.151. The van der Waals surface area contributed by atoms with Crippen molar-refractivity contribution in [3.05, 3.63) is 22.3 Å². The van der Waals surface area contributed by atoms with Crippen molar-refractivity contribution in [3.8, 4) is 0 Å². The third-order valence-electron chi connectivity index (χ3n) is 5.02. The highest BCUT2D eigenvalue weighted by molar-refractivity contribution is 8.00. The summed E-state index contributed by atoms with van der Waals surface area (Å²) < 4.78 is 0. The summed E-state index contributed by atoms with van der Waals surface area (Å²) in [7, 11) is 0. The molecule has 2 unspecified atom stereocenters. The minimum absolute atomic E-state index is 0.0548. The molecule has 3 heterocycles. The first-order valence-corrected chi connectivity index (χ1v) is 12.2. The van der Waals surface area contributed by atoms with Crippen molar-refractivity contribution in [2.24, 2.45) is 5.16 Å². The molecule has 2 aliphatic rings. The van der Waals surface area contributed by atoms with E-state index in [0.717, 1.165) is 11.3 Å². The summed E-state index contributed by atoms with van der Waals surface area (Å²) >= 11 is 2.37. The van der Waals surface area contributed by atoms with Crippen LogP contribution in [0.2, 0.25) is 0 Å². The Morgan fingerprint density at radius 2 is 2.12 bits per heavy atom. The number of nitrogens with zero attached hydrogens (tertiary/aromatic N) is 3. The SMILES string of the molecule is CCNCC1=C(C(=O)O)N2C(=O)C(NC(=O)/C(=N\OC(CC)C(=O)O)c3csc(N)n3)[C@H]2SC1. The zero-order chi connectivity index (χ0) is 25.0. The molecule has 3 rings (SSSR count). The second-order valence-electron chi connectivity index (χ2n) is 7.25. The number of thioether (sulfide) groups is 1. The Bertz CT molecular complexity index is 1060. The highest BCUT2D eigenvalue weighted by Crippen LogP contribution is 2.40. The number of amides is 2. The number of nitrogens with two attached hydrogens (primary N) is 1. The van der Waals surface area contributed by atoms with Crippen LogP contribution in [-0.2, 0) is 24.0 Å². The fourth-order valence-electron chi connectivity index (χ4n) is 3.32. The largest absolute Gasteiger partial charge is 0.478 e. The number of oxime groups is 1. The van der Waals surface area contributed by atoms with Gasteiger partial charge in [0.1, 0.15) is 22.8 Å². The van der Waals surface area contributed by atoms with E-state index < -0.39 is 41.3 Å². The van der Waals surface area contributed by atoms with Gasteiger partial charge in [-0.25, -0.2) is 14.6 Å². The Morgan fingerprint density at radius 1 is 1.38 bits per heavy atom. The fraction of sp³-hybridized carbons (Fsp3) is 0.474. The average molecular weight is 513 g/mol. The predicted molar refractivity (Wildman–Crippen MR) is 124 cm³/mol. The van der Waals surface area contributed by atoms with Crippen LogP contribution < -0.4 is 16.4 Å². The summed E-state index contributed by atoms with van der Waals surface area (Å²) in [6.45, 7) is 4.44.